The molecule has 3 heterocycles. The summed E-state index contributed by atoms with van der Waals surface area (Å²) in [5, 5.41) is 4.99. The maximum atomic E-state index is 12.4. The van der Waals surface area contributed by atoms with E-state index in [2.05, 4.69) is 55.3 Å². The number of benzene rings is 4. The van der Waals surface area contributed by atoms with Crippen LogP contribution in [0.1, 0.15) is 88.7 Å². The Labute approximate surface area is 363 Å². The van der Waals surface area contributed by atoms with E-state index in [4.69, 9.17) is 33.4 Å². The van der Waals surface area contributed by atoms with Crippen molar-refractivity contribution in [2.24, 2.45) is 5.92 Å². The van der Waals surface area contributed by atoms with Gasteiger partial charge in [0.25, 0.3) is 0 Å². The highest BCUT2D eigenvalue weighted by Gasteiger charge is 2.39. The van der Waals surface area contributed by atoms with Crippen LogP contribution in [-0.4, -0.2) is 62.1 Å². The minimum atomic E-state index is -0.550. The summed E-state index contributed by atoms with van der Waals surface area (Å²) in [6, 6.07) is 25.9. The molecule has 2 unspecified atom stereocenters. The van der Waals surface area contributed by atoms with E-state index < -0.39 is 5.97 Å². The largest absolute Gasteiger partial charge is 0.493 e. The van der Waals surface area contributed by atoms with E-state index in [1.54, 1.807) is 23.5 Å². The van der Waals surface area contributed by atoms with Crippen LogP contribution in [0.15, 0.2) is 91.5 Å². The Morgan fingerprint density at radius 1 is 0.869 bits per heavy atom. The summed E-state index contributed by atoms with van der Waals surface area (Å²) in [6.45, 7) is 9.61. The molecule has 1 aromatic heterocycles. The van der Waals surface area contributed by atoms with Gasteiger partial charge in [-0.3, -0.25) is 9.80 Å². The number of carbonyl (C=O) groups is 2. The van der Waals surface area contributed by atoms with Gasteiger partial charge in [0.05, 0.1) is 35.6 Å². The van der Waals surface area contributed by atoms with Crippen LogP contribution in [0.4, 0.5) is 5.13 Å². The monoisotopic (exact) mass is 849 g/mol. The van der Waals surface area contributed by atoms with E-state index in [1.807, 2.05) is 35.3 Å². The summed E-state index contributed by atoms with van der Waals surface area (Å²) in [6.07, 6.45) is 12.5. The molecule has 8 rings (SSSR count). The molecule has 1 saturated carbocycles. The van der Waals surface area contributed by atoms with Crippen LogP contribution in [0.3, 0.4) is 0 Å². The standard InChI is InChI=1S/C49H59N3O8S/c1-3-5-6-11-24-57-48(54)15-9-10-22-52(49-51-44-13-7-8-14-46(44)61-49)50-32-39-30-41(20-21-45(39)60-47(53)4-2)58-34-35-16-17-38-29-40(19-18-37(38)26-35)56-25-12-23-55-33-36-27-42-31-43(28-36)59-42/h4,7-8,13-14,16-21,26,29-30,36,42-43,50H,2-3,5-6,9-12,15,22-25,27-28,31-34H2,1H3. The number of anilines is 1. The molecule has 0 spiro atoms. The maximum absolute atomic E-state index is 12.4. The van der Waals surface area contributed by atoms with Gasteiger partial charge in [-0.15, -0.1) is 0 Å². The number of rotatable bonds is 26. The third-order valence-electron chi connectivity index (χ3n) is 11.1. The van der Waals surface area contributed by atoms with Gasteiger partial charge < -0.3 is 28.4 Å². The van der Waals surface area contributed by atoms with Gasteiger partial charge in [0.2, 0.25) is 5.13 Å². The highest BCUT2D eigenvalue weighted by atomic mass is 32.1. The number of ether oxygens (including phenoxy) is 6. The molecule has 1 aliphatic carbocycles. The van der Waals surface area contributed by atoms with Crippen molar-refractivity contribution in [3.05, 3.63) is 103 Å². The molecule has 2 atom stereocenters. The Morgan fingerprint density at radius 3 is 2.51 bits per heavy atom. The first kappa shape index (κ1) is 44.1. The predicted molar refractivity (Wildman–Crippen MR) is 240 cm³/mol. The van der Waals surface area contributed by atoms with Gasteiger partial charge in [-0.05, 0) is 109 Å². The molecular formula is C49H59N3O8S. The topological polar surface area (TPSA) is 118 Å². The minimum absolute atomic E-state index is 0.158. The van der Waals surface area contributed by atoms with Gasteiger partial charge in [-0.1, -0.05) is 74.4 Å². The Hall–Kier alpha value is -5.01. The SMILES string of the molecule is C=CC(=O)Oc1ccc(OCc2ccc3cc(OCCCOCC4CC5CC(C4)O5)ccc3c2)cc1CNN(CCCCC(=O)OCCCCCC)c1nc2ccccc2s1. The van der Waals surface area contributed by atoms with E-state index in [9.17, 15) is 9.59 Å². The zero-order valence-corrected chi connectivity index (χ0v) is 36.1. The summed E-state index contributed by atoms with van der Waals surface area (Å²) in [5.74, 6) is 1.80. The molecule has 2 saturated heterocycles. The molecule has 324 valence electrons. The lowest BCUT2D eigenvalue weighted by atomic mass is 9.81. The van der Waals surface area contributed by atoms with Crippen molar-refractivity contribution in [3.8, 4) is 17.2 Å². The highest BCUT2D eigenvalue weighted by Crippen LogP contribution is 2.38. The molecule has 5 aromatic rings. The van der Waals surface area contributed by atoms with Crippen LogP contribution in [0.2, 0.25) is 0 Å². The molecule has 11 nitrogen and oxygen atoms in total. The predicted octanol–water partition coefficient (Wildman–Crippen LogP) is 10.3. The number of thiazole rings is 1. The van der Waals surface area contributed by atoms with Crippen molar-refractivity contribution in [3.63, 3.8) is 0 Å². The van der Waals surface area contributed by atoms with E-state index in [-0.39, 0.29) is 5.97 Å². The van der Waals surface area contributed by atoms with E-state index in [0.717, 1.165) is 107 Å². The molecule has 4 aromatic carbocycles. The van der Waals surface area contributed by atoms with Crippen LogP contribution in [-0.2, 0) is 37.0 Å². The fourth-order valence-corrected chi connectivity index (χ4v) is 8.78. The molecule has 0 radical (unpaired) electrons. The lowest BCUT2D eigenvalue weighted by Crippen LogP contribution is -2.46. The number of aromatic nitrogens is 1. The average Bonchev–Trinajstić information content (AvgIpc) is 3.71. The second-order valence-electron chi connectivity index (χ2n) is 15.9. The van der Waals surface area contributed by atoms with Crippen LogP contribution < -0.4 is 24.6 Å². The third kappa shape index (κ3) is 13.2. The molecule has 0 amide bonds. The lowest BCUT2D eigenvalue weighted by molar-refractivity contribution is -0.179. The van der Waals surface area contributed by atoms with Gasteiger partial charge in [-0.2, -0.15) is 0 Å². The molecule has 12 heteroatoms. The first-order valence-corrected chi connectivity index (χ1v) is 22.7. The number of para-hydroxylation sites is 1. The second-order valence-corrected chi connectivity index (χ2v) is 17.0. The van der Waals surface area contributed by atoms with Crippen LogP contribution in [0.25, 0.3) is 21.0 Å². The number of hydrazine groups is 1. The van der Waals surface area contributed by atoms with Crippen LogP contribution in [0, 0.1) is 5.92 Å². The van der Waals surface area contributed by atoms with Gasteiger partial charge in [0, 0.05) is 50.8 Å². The van der Waals surface area contributed by atoms with E-state index in [0.29, 0.717) is 82.0 Å². The van der Waals surface area contributed by atoms with E-state index in [1.165, 1.54) is 6.42 Å². The first-order valence-electron chi connectivity index (χ1n) is 21.9. The summed E-state index contributed by atoms with van der Waals surface area (Å²) in [4.78, 5) is 29.6. The number of hydrogen-bond donors (Lipinski definition) is 1. The fraction of sp³-hybridized carbons (Fsp3) is 0.449. The van der Waals surface area contributed by atoms with Crippen LogP contribution >= 0.6 is 11.3 Å². The van der Waals surface area contributed by atoms with Gasteiger partial charge in [0.15, 0.2) is 0 Å². The molecule has 2 bridgehead atoms. The van der Waals surface area contributed by atoms with Crippen LogP contribution in [0.5, 0.6) is 17.2 Å². The third-order valence-corrected chi connectivity index (χ3v) is 12.2. The molecule has 2 aliphatic heterocycles. The summed E-state index contributed by atoms with van der Waals surface area (Å²) in [7, 11) is 0. The molecular weight excluding hydrogens is 791 g/mol. The molecule has 3 aliphatic rings. The smallest absolute Gasteiger partial charge is 0.335 e. The number of fused-ring (bicyclic) bond motifs is 4. The number of nitrogens with zero attached hydrogens (tertiary/aromatic N) is 2. The van der Waals surface area contributed by atoms with Crippen molar-refractivity contribution >= 4 is 49.4 Å². The highest BCUT2D eigenvalue weighted by molar-refractivity contribution is 7.22. The van der Waals surface area contributed by atoms with Crippen molar-refractivity contribution in [1.82, 2.24) is 10.4 Å². The number of hydrogen-bond acceptors (Lipinski definition) is 12. The normalized spacial score (nSPS) is 16.8. The number of nitrogens with one attached hydrogen (secondary N) is 1. The van der Waals surface area contributed by atoms with E-state index >= 15 is 0 Å². The van der Waals surface area contributed by atoms with Crippen molar-refractivity contribution in [2.45, 2.75) is 103 Å². The Morgan fingerprint density at radius 2 is 1.67 bits per heavy atom. The molecule has 3 fully saturated rings. The zero-order chi connectivity index (χ0) is 42.2. The zero-order valence-electron chi connectivity index (χ0n) is 35.3. The summed E-state index contributed by atoms with van der Waals surface area (Å²) in [5.41, 5.74) is 6.17. The summed E-state index contributed by atoms with van der Waals surface area (Å²) < 4.78 is 36.2. The van der Waals surface area contributed by atoms with Crippen molar-refractivity contribution in [1.29, 1.82) is 0 Å². The Bertz CT molecular complexity index is 2160. The second kappa shape index (κ2) is 22.7. The van der Waals surface area contributed by atoms with Gasteiger partial charge >= 0.3 is 11.9 Å². The van der Waals surface area contributed by atoms with Crippen molar-refractivity contribution in [2.75, 3.05) is 38.0 Å². The fourth-order valence-electron chi connectivity index (χ4n) is 7.81. The first-order chi connectivity index (χ1) is 29.9. The number of unbranched alkanes of at least 4 members (excludes halogenated alkanes) is 4. The quantitative estimate of drug-likeness (QED) is 0.0188. The number of carbonyl (C=O) groups excluding carboxylic acids is 2. The minimum Gasteiger partial charge on any atom is -0.493 e. The maximum Gasteiger partial charge on any atom is 0.335 e. The lowest BCUT2D eigenvalue weighted by Gasteiger charge is -2.45. The summed E-state index contributed by atoms with van der Waals surface area (Å²) >= 11 is 1.58. The average molecular weight is 850 g/mol. The molecule has 1 N–H and O–H groups in total. The number of esters is 2. The van der Waals surface area contributed by atoms with Gasteiger partial charge in [-0.25, -0.2) is 15.2 Å². The van der Waals surface area contributed by atoms with Gasteiger partial charge in [0.1, 0.15) is 23.9 Å². The molecule has 61 heavy (non-hydrogen) atoms. The Balaban J connectivity index is 0.926. The Kier molecular flexibility index (Phi) is 16.4. The van der Waals surface area contributed by atoms with Crippen molar-refractivity contribution < 1.29 is 38.0 Å².